The van der Waals surface area contributed by atoms with E-state index in [9.17, 15) is 4.79 Å². The minimum Gasteiger partial charge on any atom is -0.513 e. The highest BCUT2D eigenvalue weighted by Crippen LogP contribution is 2.15. The average Bonchev–Trinajstić information content (AvgIpc) is 2.13. The summed E-state index contributed by atoms with van der Waals surface area (Å²) < 4.78 is 5.90. The van der Waals surface area contributed by atoms with E-state index in [1.54, 1.807) is 0 Å². The summed E-state index contributed by atoms with van der Waals surface area (Å²) in [6, 6.07) is 0. The summed E-state index contributed by atoms with van der Waals surface area (Å²) in [7, 11) is 4.07. The van der Waals surface area contributed by atoms with Gasteiger partial charge in [0.05, 0.1) is 38.2 Å². The number of esters is 1. The molecule has 0 saturated carbocycles. The first-order valence-corrected chi connectivity index (χ1v) is 5.90. The van der Waals surface area contributed by atoms with Crippen LogP contribution in [0.5, 0.6) is 0 Å². The fourth-order valence-corrected chi connectivity index (χ4v) is 1.15. The van der Waals surface area contributed by atoms with Crippen LogP contribution in [0.25, 0.3) is 0 Å². The largest absolute Gasteiger partial charge is 0.513 e. The van der Waals surface area contributed by atoms with Gasteiger partial charge >= 0.3 is 5.97 Å². The molecular formula is C13H26NO3+. The molecule has 1 N–H and O–H groups in total. The maximum absolute atomic E-state index is 11.5. The van der Waals surface area contributed by atoms with Crippen LogP contribution in [0, 0.1) is 5.41 Å². The van der Waals surface area contributed by atoms with Crippen molar-refractivity contribution in [2.75, 3.05) is 33.8 Å². The molecule has 4 nitrogen and oxygen atoms in total. The average molecular weight is 244 g/mol. The van der Waals surface area contributed by atoms with Gasteiger partial charge in [0.25, 0.3) is 0 Å². The van der Waals surface area contributed by atoms with E-state index in [1.165, 1.54) is 0 Å². The van der Waals surface area contributed by atoms with E-state index >= 15 is 0 Å². The zero-order valence-electron chi connectivity index (χ0n) is 11.7. The normalized spacial score (nSPS) is 12.3. The van der Waals surface area contributed by atoms with Crippen molar-refractivity contribution in [3.8, 4) is 0 Å². The van der Waals surface area contributed by atoms with Crippen LogP contribution in [0.4, 0.5) is 0 Å². The molecule has 0 atom stereocenters. The van der Waals surface area contributed by atoms with Gasteiger partial charge in [-0.2, -0.15) is 0 Å². The van der Waals surface area contributed by atoms with Crippen LogP contribution in [-0.2, 0) is 9.53 Å². The van der Waals surface area contributed by atoms with Gasteiger partial charge in [0, 0.05) is 0 Å². The number of ether oxygens (including phenoxy) is 1. The van der Waals surface area contributed by atoms with Gasteiger partial charge in [-0.05, 0) is 20.8 Å². The molecule has 0 saturated heterocycles. The van der Waals surface area contributed by atoms with Gasteiger partial charge in [-0.25, -0.2) is 0 Å². The quantitative estimate of drug-likeness (QED) is 0.442. The Morgan fingerprint density at radius 3 is 2.24 bits per heavy atom. The highest BCUT2D eigenvalue weighted by Gasteiger charge is 2.24. The molecule has 0 bridgehead atoms. The van der Waals surface area contributed by atoms with Crippen LogP contribution in [0.3, 0.4) is 0 Å². The Morgan fingerprint density at radius 1 is 1.29 bits per heavy atom. The maximum atomic E-state index is 11.5. The lowest BCUT2D eigenvalue weighted by Gasteiger charge is -2.29. The highest BCUT2D eigenvalue weighted by molar-refractivity contribution is 5.75. The van der Waals surface area contributed by atoms with Crippen LogP contribution in [0.15, 0.2) is 12.3 Å². The van der Waals surface area contributed by atoms with E-state index < -0.39 is 5.41 Å². The number of hydrogen-bond donors (Lipinski definition) is 1. The van der Waals surface area contributed by atoms with Crippen molar-refractivity contribution in [1.82, 2.24) is 0 Å². The van der Waals surface area contributed by atoms with Crippen molar-refractivity contribution in [3.63, 3.8) is 0 Å². The van der Waals surface area contributed by atoms with Gasteiger partial charge in [0.1, 0.15) is 13.2 Å². The number of carbonyl (C=O) groups excluding carboxylic acids is 1. The number of hydrogen-bond acceptors (Lipinski definition) is 3. The fraction of sp³-hybridized carbons (Fsp3) is 0.769. The molecule has 0 radical (unpaired) electrons. The predicted octanol–water partition coefficient (Wildman–Crippen LogP) is 2.11. The Hall–Kier alpha value is -1.03. The van der Waals surface area contributed by atoms with Crippen molar-refractivity contribution in [2.24, 2.45) is 5.41 Å². The second-order valence-corrected chi connectivity index (χ2v) is 6.09. The third-order valence-electron chi connectivity index (χ3n) is 2.55. The predicted molar refractivity (Wildman–Crippen MR) is 68.6 cm³/mol. The van der Waals surface area contributed by atoms with Crippen LogP contribution < -0.4 is 0 Å². The van der Waals surface area contributed by atoms with Gasteiger partial charge in [0.15, 0.2) is 0 Å². The number of rotatable bonds is 6. The summed E-state index contributed by atoms with van der Waals surface area (Å²) in [5, 5.41) is 9.05. The van der Waals surface area contributed by atoms with Gasteiger partial charge in [-0.15, -0.1) is 0 Å². The topological polar surface area (TPSA) is 46.5 Å². The third-order valence-corrected chi connectivity index (χ3v) is 2.55. The van der Waals surface area contributed by atoms with E-state index in [1.807, 2.05) is 34.9 Å². The van der Waals surface area contributed by atoms with Gasteiger partial charge in [-0.1, -0.05) is 6.58 Å². The summed E-state index contributed by atoms with van der Waals surface area (Å²) in [5.74, 6) is 0.0203. The highest BCUT2D eigenvalue weighted by atomic mass is 16.5. The molecule has 0 amide bonds. The standard InChI is InChI=1S/C13H25NO3/c1-11(15)7-8-14(5,6)9-10-17-12(16)13(2,3)4/h1,7-10H2,2-6H3/p+1. The minimum absolute atomic E-state index is 0.177. The third kappa shape index (κ3) is 7.80. The van der Waals surface area contributed by atoms with Crippen molar-refractivity contribution < 1.29 is 19.1 Å². The van der Waals surface area contributed by atoms with Crippen LogP contribution in [0.2, 0.25) is 0 Å². The van der Waals surface area contributed by atoms with Gasteiger partial charge in [0.2, 0.25) is 0 Å². The van der Waals surface area contributed by atoms with E-state index in [0.29, 0.717) is 17.5 Å². The molecule has 0 unspecified atom stereocenters. The van der Waals surface area contributed by atoms with Crippen LogP contribution in [-0.4, -0.2) is 49.4 Å². The van der Waals surface area contributed by atoms with Crippen molar-refractivity contribution in [3.05, 3.63) is 12.3 Å². The summed E-state index contributed by atoms with van der Waals surface area (Å²) in [6.45, 7) is 10.9. The molecule has 0 aromatic heterocycles. The summed E-state index contributed by atoms with van der Waals surface area (Å²) in [5.41, 5.74) is -0.448. The van der Waals surface area contributed by atoms with Crippen LogP contribution in [0.1, 0.15) is 27.2 Å². The van der Waals surface area contributed by atoms with E-state index in [-0.39, 0.29) is 11.7 Å². The molecular weight excluding hydrogens is 218 g/mol. The first-order chi connectivity index (χ1) is 7.54. The molecule has 100 valence electrons. The summed E-state index contributed by atoms with van der Waals surface area (Å²) in [4.78, 5) is 11.5. The van der Waals surface area contributed by atoms with Crippen molar-refractivity contribution in [1.29, 1.82) is 0 Å². The molecule has 0 rings (SSSR count). The van der Waals surface area contributed by atoms with Crippen molar-refractivity contribution in [2.45, 2.75) is 27.2 Å². The Bertz CT molecular complexity index is 277. The molecule has 0 aliphatic rings. The number of quaternary nitrogens is 1. The van der Waals surface area contributed by atoms with Crippen molar-refractivity contribution >= 4 is 5.97 Å². The molecule has 0 aromatic carbocycles. The lowest BCUT2D eigenvalue weighted by atomic mass is 9.97. The molecule has 0 fully saturated rings. The summed E-state index contributed by atoms with van der Waals surface area (Å²) in [6.07, 6.45) is 0.570. The monoisotopic (exact) mass is 244 g/mol. The molecule has 17 heavy (non-hydrogen) atoms. The SMILES string of the molecule is C=C(O)CC[N+](C)(C)CCOC(=O)C(C)(C)C. The number of likely N-dealkylation sites (N-methyl/N-ethyl adjacent to an activating group) is 1. The zero-order valence-corrected chi connectivity index (χ0v) is 11.7. The second-order valence-electron chi connectivity index (χ2n) is 6.09. The summed E-state index contributed by atoms with van der Waals surface area (Å²) >= 11 is 0. The molecule has 0 aromatic rings. The Morgan fingerprint density at radius 2 is 1.82 bits per heavy atom. The zero-order chi connectivity index (χ0) is 13.7. The number of aliphatic hydroxyl groups excluding tert-OH is 1. The van der Waals surface area contributed by atoms with Gasteiger partial charge < -0.3 is 14.3 Å². The lowest BCUT2D eigenvalue weighted by molar-refractivity contribution is -0.890. The van der Waals surface area contributed by atoms with E-state index in [4.69, 9.17) is 9.84 Å². The van der Waals surface area contributed by atoms with E-state index in [2.05, 4.69) is 6.58 Å². The maximum Gasteiger partial charge on any atom is 0.311 e. The number of aliphatic hydroxyl groups is 1. The molecule has 0 heterocycles. The molecule has 0 aliphatic heterocycles. The second kappa shape index (κ2) is 6.05. The molecule has 0 spiro atoms. The number of nitrogens with zero attached hydrogens (tertiary/aromatic N) is 1. The van der Waals surface area contributed by atoms with Crippen LogP contribution >= 0.6 is 0 Å². The minimum atomic E-state index is -0.448. The van der Waals surface area contributed by atoms with E-state index in [0.717, 1.165) is 13.1 Å². The van der Waals surface area contributed by atoms with Gasteiger partial charge in [-0.3, -0.25) is 4.79 Å². The number of carbonyl (C=O) groups is 1. The fourth-order valence-electron chi connectivity index (χ4n) is 1.15. The molecule has 4 heteroatoms. The Labute approximate surface area is 104 Å². The smallest absolute Gasteiger partial charge is 0.311 e. The Balaban J connectivity index is 3.95. The first-order valence-electron chi connectivity index (χ1n) is 5.90. The Kier molecular flexibility index (Phi) is 5.69. The molecule has 0 aliphatic carbocycles. The first kappa shape index (κ1) is 16.0. The lowest BCUT2D eigenvalue weighted by Crippen LogP contribution is -2.43.